The number of esters is 2. The van der Waals surface area contributed by atoms with Gasteiger partial charge in [0.25, 0.3) is 5.91 Å². The maximum Gasteiger partial charge on any atom is 0.331 e. The zero-order chi connectivity index (χ0) is 24.2. The number of hydrogen-bond donors (Lipinski definition) is 2. The molecule has 2 aromatic rings. The highest BCUT2D eigenvalue weighted by molar-refractivity contribution is 5.98. The molecule has 1 aromatic heterocycles. The van der Waals surface area contributed by atoms with Crippen LogP contribution in [0.15, 0.2) is 42.6 Å². The molecule has 3 rings (SSSR count). The molecule has 0 aliphatic carbocycles. The van der Waals surface area contributed by atoms with Gasteiger partial charge in [-0.25, -0.2) is 9.78 Å². The van der Waals surface area contributed by atoms with E-state index in [1.165, 1.54) is 26.3 Å². The van der Waals surface area contributed by atoms with E-state index >= 15 is 0 Å². The molecule has 0 saturated carbocycles. The molecule has 0 spiro atoms. The third-order valence-corrected chi connectivity index (χ3v) is 4.40. The minimum atomic E-state index is -0.999. The number of phenols is 1. The van der Waals surface area contributed by atoms with Crippen molar-refractivity contribution in [2.24, 2.45) is 0 Å². The van der Waals surface area contributed by atoms with Gasteiger partial charge in [0.15, 0.2) is 17.5 Å². The number of aromatic hydroxyl groups is 1. The largest absolute Gasteiger partial charge is 0.508 e. The lowest BCUT2D eigenvalue weighted by Gasteiger charge is -2.19. The van der Waals surface area contributed by atoms with Crippen molar-refractivity contribution in [2.45, 2.75) is 38.8 Å². The Hall–Kier alpha value is -3.66. The van der Waals surface area contributed by atoms with E-state index < -0.39 is 23.9 Å². The number of para-hydroxylation sites is 1. The summed E-state index contributed by atoms with van der Waals surface area (Å²) in [5.74, 6) is -1.57. The average molecular weight is 460 g/mol. The Balaban J connectivity index is 0.000000468. The number of ether oxygens (including phenoxy) is 4. The van der Waals surface area contributed by atoms with Gasteiger partial charge in [0.05, 0.1) is 19.8 Å². The molecule has 1 amide bonds. The van der Waals surface area contributed by atoms with E-state index in [0.717, 1.165) is 6.42 Å². The van der Waals surface area contributed by atoms with Crippen molar-refractivity contribution in [3.05, 3.63) is 48.3 Å². The first-order valence-electron chi connectivity index (χ1n) is 10.4. The van der Waals surface area contributed by atoms with Crippen LogP contribution in [0.5, 0.6) is 17.2 Å². The number of hydrogen-bond acceptors (Lipinski definition) is 9. The van der Waals surface area contributed by atoms with Gasteiger partial charge in [-0.3, -0.25) is 9.59 Å². The van der Waals surface area contributed by atoms with Gasteiger partial charge < -0.3 is 29.4 Å². The molecule has 1 fully saturated rings. The van der Waals surface area contributed by atoms with E-state index in [1.54, 1.807) is 31.2 Å². The zero-order valence-corrected chi connectivity index (χ0v) is 18.8. The molecule has 10 nitrogen and oxygen atoms in total. The molecule has 1 aromatic carbocycles. The van der Waals surface area contributed by atoms with Crippen molar-refractivity contribution in [3.8, 4) is 17.2 Å². The van der Waals surface area contributed by atoms with E-state index in [4.69, 9.17) is 24.1 Å². The number of carbonyl (C=O) groups excluding carboxylic acids is 3. The third-order valence-electron chi connectivity index (χ3n) is 4.40. The Labute approximate surface area is 191 Å². The van der Waals surface area contributed by atoms with Crippen molar-refractivity contribution in [1.82, 2.24) is 10.3 Å². The normalized spacial score (nSPS) is 18.2. The van der Waals surface area contributed by atoms with Gasteiger partial charge in [-0.05, 0) is 31.9 Å². The van der Waals surface area contributed by atoms with Crippen LogP contribution >= 0.6 is 0 Å². The van der Waals surface area contributed by atoms with Crippen molar-refractivity contribution in [1.29, 1.82) is 0 Å². The summed E-state index contributed by atoms with van der Waals surface area (Å²) in [5.41, 5.74) is -0.180. The van der Waals surface area contributed by atoms with Gasteiger partial charge in [-0.15, -0.1) is 0 Å². The second-order valence-electron chi connectivity index (χ2n) is 7.11. The number of benzene rings is 1. The van der Waals surface area contributed by atoms with Crippen molar-refractivity contribution >= 4 is 17.8 Å². The fraction of sp³-hybridized carbons (Fsp3) is 0.391. The molecule has 1 saturated heterocycles. The van der Waals surface area contributed by atoms with Gasteiger partial charge >= 0.3 is 11.9 Å². The first-order chi connectivity index (χ1) is 15.8. The second-order valence-corrected chi connectivity index (χ2v) is 7.11. The topological polar surface area (TPSA) is 133 Å². The zero-order valence-electron chi connectivity index (χ0n) is 18.8. The fourth-order valence-electron chi connectivity index (χ4n) is 2.83. The summed E-state index contributed by atoms with van der Waals surface area (Å²) in [7, 11) is 1.37. The number of nitrogens with zero attached hydrogens (tertiary/aromatic N) is 1. The van der Waals surface area contributed by atoms with Crippen LogP contribution in [0.1, 0.15) is 37.2 Å². The highest BCUT2D eigenvalue weighted by Crippen LogP contribution is 2.29. The van der Waals surface area contributed by atoms with Crippen LogP contribution in [0.3, 0.4) is 0 Å². The Bertz CT molecular complexity index is 935. The molecular weight excluding hydrogens is 432 g/mol. The smallest absolute Gasteiger partial charge is 0.331 e. The molecule has 1 aliphatic rings. The lowest BCUT2D eigenvalue weighted by Crippen LogP contribution is -2.45. The van der Waals surface area contributed by atoms with Gasteiger partial charge in [-0.2, -0.15) is 0 Å². The molecule has 33 heavy (non-hydrogen) atoms. The van der Waals surface area contributed by atoms with Gasteiger partial charge in [0.1, 0.15) is 5.75 Å². The molecule has 0 bridgehead atoms. The molecular formula is C23H28N2O8. The number of cyclic esters (lactones) is 1. The average Bonchev–Trinajstić information content (AvgIpc) is 2.85. The first kappa shape index (κ1) is 25.6. The van der Waals surface area contributed by atoms with Gasteiger partial charge in [0.2, 0.25) is 5.75 Å². The summed E-state index contributed by atoms with van der Waals surface area (Å²) < 4.78 is 20.9. The third kappa shape index (κ3) is 8.41. The summed E-state index contributed by atoms with van der Waals surface area (Å²) in [6, 6.07) is 9.17. The highest BCUT2D eigenvalue weighted by atomic mass is 16.6. The number of nitrogens with one attached hydrogen (secondary N) is 1. The molecule has 2 heterocycles. The lowest BCUT2D eigenvalue weighted by molar-refractivity contribution is -0.151. The molecule has 2 atom stereocenters. The molecule has 1 unspecified atom stereocenters. The number of aromatic nitrogens is 1. The SMILES string of the molecule is COc1ccnc(C(=O)N[C@H]2COCCCC(C)OC2=O)c1OC(C)=O.Oc1ccccc1. The maximum atomic E-state index is 12.6. The standard InChI is InChI=1S/C17H22N2O7.C6H6O/c1-10-5-4-8-24-9-12(17(22)25-10)19-16(21)14-15(26-11(2)20)13(23-3)6-7-18-14;7-6-4-2-1-3-5-6/h6-7,10,12H,4-5,8-9H2,1-3H3,(H,19,21);1-5,7H/t10?,12-;/m0./s1. The van der Waals surface area contributed by atoms with Crippen molar-refractivity contribution in [3.63, 3.8) is 0 Å². The molecule has 10 heteroatoms. The Kier molecular flexibility index (Phi) is 10.1. The summed E-state index contributed by atoms with van der Waals surface area (Å²) in [6.07, 6.45) is 2.50. The maximum absolute atomic E-state index is 12.6. The van der Waals surface area contributed by atoms with Crippen LogP contribution in [-0.2, 0) is 19.1 Å². The fourth-order valence-corrected chi connectivity index (χ4v) is 2.83. The van der Waals surface area contributed by atoms with E-state index in [2.05, 4.69) is 10.3 Å². The summed E-state index contributed by atoms with van der Waals surface area (Å²) in [6.45, 7) is 3.41. The van der Waals surface area contributed by atoms with Crippen LogP contribution in [-0.4, -0.2) is 60.4 Å². The van der Waals surface area contributed by atoms with Gasteiger partial charge in [0, 0.05) is 25.8 Å². The predicted molar refractivity (Wildman–Crippen MR) is 117 cm³/mol. The summed E-state index contributed by atoms with van der Waals surface area (Å²) in [5, 5.41) is 11.2. The highest BCUT2D eigenvalue weighted by Gasteiger charge is 2.29. The van der Waals surface area contributed by atoms with E-state index in [1.807, 2.05) is 6.07 Å². The number of phenolic OH excluding ortho intramolecular Hbond substituents is 1. The predicted octanol–water partition coefficient (Wildman–Crippen LogP) is 2.25. The van der Waals surface area contributed by atoms with Crippen LogP contribution in [0, 0.1) is 0 Å². The molecule has 0 radical (unpaired) electrons. The number of rotatable bonds is 4. The molecule has 1 aliphatic heterocycles. The van der Waals surface area contributed by atoms with Crippen LogP contribution in [0.25, 0.3) is 0 Å². The Morgan fingerprint density at radius 2 is 1.94 bits per heavy atom. The number of carbonyl (C=O) groups is 3. The van der Waals surface area contributed by atoms with E-state index in [-0.39, 0.29) is 29.9 Å². The van der Waals surface area contributed by atoms with Crippen LogP contribution in [0.2, 0.25) is 0 Å². The summed E-state index contributed by atoms with van der Waals surface area (Å²) >= 11 is 0. The lowest BCUT2D eigenvalue weighted by atomic mass is 10.2. The van der Waals surface area contributed by atoms with Crippen molar-refractivity contribution < 1.29 is 38.4 Å². The molecule has 178 valence electrons. The number of pyridine rings is 1. The van der Waals surface area contributed by atoms with Crippen LogP contribution in [0.4, 0.5) is 0 Å². The Morgan fingerprint density at radius 3 is 2.55 bits per heavy atom. The summed E-state index contributed by atoms with van der Waals surface area (Å²) in [4.78, 5) is 40.1. The Morgan fingerprint density at radius 1 is 1.21 bits per heavy atom. The minimum absolute atomic E-state index is 0.0237. The number of methoxy groups -OCH3 is 1. The van der Waals surface area contributed by atoms with Crippen molar-refractivity contribution in [2.75, 3.05) is 20.3 Å². The molecule has 2 N–H and O–H groups in total. The van der Waals surface area contributed by atoms with E-state index in [0.29, 0.717) is 18.8 Å². The monoisotopic (exact) mass is 460 g/mol. The number of amides is 1. The second kappa shape index (κ2) is 13.0. The first-order valence-corrected chi connectivity index (χ1v) is 10.4. The quantitative estimate of drug-likeness (QED) is 0.659. The van der Waals surface area contributed by atoms with Crippen LogP contribution < -0.4 is 14.8 Å². The van der Waals surface area contributed by atoms with E-state index in [9.17, 15) is 14.4 Å². The minimum Gasteiger partial charge on any atom is -0.508 e. The van der Waals surface area contributed by atoms with Gasteiger partial charge in [-0.1, -0.05) is 18.2 Å².